The minimum atomic E-state index is -0.727. The number of amides is 1. The minimum absolute atomic E-state index is 0.0222. The molecule has 0 radical (unpaired) electrons. The molecule has 0 saturated heterocycles. The van der Waals surface area contributed by atoms with Crippen molar-refractivity contribution >= 4 is 28.9 Å². The fraction of sp³-hybridized carbons (Fsp3) is 0.105. The molecule has 3 aromatic rings. The number of halogens is 1. The van der Waals surface area contributed by atoms with E-state index in [1.54, 1.807) is 30.7 Å². The highest BCUT2D eigenvalue weighted by molar-refractivity contribution is 7.13. The number of methoxy groups -OCH3 is 1. The fourth-order valence-corrected chi connectivity index (χ4v) is 2.98. The summed E-state index contributed by atoms with van der Waals surface area (Å²) in [6.45, 7) is -0.539. The van der Waals surface area contributed by atoms with Gasteiger partial charge in [-0.1, -0.05) is 12.1 Å². The van der Waals surface area contributed by atoms with Gasteiger partial charge in [-0.25, -0.2) is 14.2 Å². The Morgan fingerprint density at radius 3 is 2.59 bits per heavy atom. The molecule has 0 aliphatic rings. The number of carbonyl (C=O) groups excluding carboxylic acids is 2. The molecule has 1 amide bonds. The molecule has 1 heterocycles. The maximum Gasteiger partial charge on any atom is 0.358 e. The number of para-hydroxylation sites is 1. The first-order valence-electron chi connectivity index (χ1n) is 7.88. The van der Waals surface area contributed by atoms with Crippen molar-refractivity contribution in [3.8, 4) is 16.3 Å². The van der Waals surface area contributed by atoms with Gasteiger partial charge in [0.15, 0.2) is 12.3 Å². The third kappa shape index (κ3) is 4.68. The van der Waals surface area contributed by atoms with Crippen LogP contribution in [0.15, 0.2) is 53.9 Å². The second-order valence-corrected chi connectivity index (χ2v) is 6.23. The topological polar surface area (TPSA) is 77.5 Å². The fourth-order valence-electron chi connectivity index (χ4n) is 2.19. The van der Waals surface area contributed by atoms with Crippen LogP contribution in [0.1, 0.15) is 10.5 Å². The van der Waals surface area contributed by atoms with Gasteiger partial charge in [-0.3, -0.25) is 4.79 Å². The number of carbonyl (C=O) groups is 2. The maximum atomic E-state index is 13.5. The number of nitrogens with one attached hydrogen (secondary N) is 1. The second-order valence-electron chi connectivity index (χ2n) is 5.37. The lowest BCUT2D eigenvalue weighted by molar-refractivity contribution is -0.119. The van der Waals surface area contributed by atoms with E-state index in [1.165, 1.54) is 29.5 Å². The third-order valence-corrected chi connectivity index (χ3v) is 4.42. The summed E-state index contributed by atoms with van der Waals surface area (Å²) >= 11 is 1.28. The quantitative estimate of drug-likeness (QED) is 0.653. The van der Waals surface area contributed by atoms with Gasteiger partial charge in [0.1, 0.15) is 16.6 Å². The highest BCUT2D eigenvalue weighted by atomic mass is 32.1. The number of hydrogen-bond acceptors (Lipinski definition) is 6. The van der Waals surface area contributed by atoms with E-state index in [4.69, 9.17) is 9.47 Å². The Labute approximate surface area is 158 Å². The largest absolute Gasteiger partial charge is 0.497 e. The van der Waals surface area contributed by atoms with Gasteiger partial charge >= 0.3 is 5.97 Å². The maximum absolute atomic E-state index is 13.5. The van der Waals surface area contributed by atoms with Crippen LogP contribution < -0.4 is 10.1 Å². The average Bonchev–Trinajstić information content (AvgIpc) is 3.18. The van der Waals surface area contributed by atoms with Gasteiger partial charge in [0.2, 0.25) is 0 Å². The molecule has 8 heteroatoms. The summed E-state index contributed by atoms with van der Waals surface area (Å²) in [5.41, 5.74) is 0.954. The van der Waals surface area contributed by atoms with Crippen LogP contribution in [0, 0.1) is 5.82 Å². The van der Waals surface area contributed by atoms with E-state index < -0.39 is 24.3 Å². The van der Waals surface area contributed by atoms with Crippen LogP contribution in [0.2, 0.25) is 0 Å². The van der Waals surface area contributed by atoms with Gasteiger partial charge in [-0.05, 0) is 36.4 Å². The molecule has 1 N–H and O–H groups in total. The lowest BCUT2D eigenvalue weighted by Crippen LogP contribution is -2.21. The molecule has 0 aliphatic carbocycles. The SMILES string of the molecule is COc1ccc(-c2nc(C(=O)OCC(=O)Nc3ccccc3F)cs2)cc1. The van der Waals surface area contributed by atoms with Crippen molar-refractivity contribution in [2.24, 2.45) is 0 Å². The van der Waals surface area contributed by atoms with E-state index in [0.717, 1.165) is 11.3 Å². The van der Waals surface area contributed by atoms with Crippen LogP contribution in [0.25, 0.3) is 10.6 Å². The number of ether oxygens (including phenoxy) is 2. The van der Waals surface area contributed by atoms with Crippen molar-refractivity contribution in [2.75, 3.05) is 19.0 Å². The first-order valence-corrected chi connectivity index (χ1v) is 8.76. The molecule has 0 atom stereocenters. The third-order valence-electron chi connectivity index (χ3n) is 3.53. The van der Waals surface area contributed by atoms with Crippen molar-refractivity contribution in [3.05, 3.63) is 65.4 Å². The number of rotatable bonds is 6. The summed E-state index contributed by atoms with van der Waals surface area (Å²) in [5, 5.41) is 4.53. The molecule has 0 bridgehead atoms. The zero-order valence-electron chi connectivity index (χ0n) is 14.3. The van der Waals surface area contributed by atoms with Crippen LogP contribution in [0.5, 0.6) is 5.75 Å². The van der Waals surface area contributed by atoms with Crippen LogP contribution in [-0.2, 0) is 9.53 Å². The summed E-state index contributed by atoms with van der Waals surface area (Å²) < 4.78 is 23.5. The average molecular weight is 386 g/mol. The summed E-state index contributed by atoms with van der Waals surface area (Å²) in [7, 11) is 1.58. The number of esters is 1. The molecule has 1 aromatic heterocycles. The number of anilines is 1. The molecule has 3 rings (SSSR count). The van der Waals surface area contributed by atoms with E-state index in [1.807, 2.05) is 12.1 Å². The smallest absolute Gasteiger partial charge is 0.358 e. The summed E-state index contributed by atoms with van der Waals surface area (Å²) in [5.74, 6) is -1.22. The van der Waals surface area contributed by atoms with E-state index in [-0.39, 0.29) is 11.4 Å². The van der Waals surface area contributed by atoms with Crippen LogP contribution in [0.4, 0.5) is 10.1 Å². The lowest BCUT2D eigenvalue weighted by atomic mass is 10.2. The Morgan fingerprint density at radius 2 is 1.89 bits per heavy atom. The molecule has 0 spiro atoms. The molecule has 0 aliphatic heterocycles. The van der Waals surface area contributed by atoms with Crippen molar-refractivity contribution in [1.29, 1.82) is 0 Å². The first-order chi connectivity index (χ1) is 13.1. The summed E-state index contributed by atoms with van der Waals surface area (Å²) in [6, 6.07) is 13.0. The number of benzene rings is 2. The Hall–Kier alpha value is -3.26. The van der Waals surface area contributed by atoms with Crippen molar-refractivity contribution < 1.29 is 23.5 Å². The first kappa shape index (κ1) is 18.5. The van der Waals surface area contributed by atoms with E-state index in [0.29, 0.717) is 5.01 Å². The Kier molecular flexibility index (Phi) is 5.77. The molecule has 0 unspecified atom stereocenters. The van der Waals surface area contributed by atoms with E-state index in [9.17, 15) is 14.0 Å². The zero-order chi connectivity index (χ0) is 19.2. The van der Waals surface area contributed by atoms with Gasteiger partial charge in [0.25, 0.3) is 5.91 Å². The van der Waals surface area contributed by atoms with Crippen molar-refractivity contribution in [2.45, 2.75) is 0 Å². The second kappa shape index (κ2) is 8.41. The molecular weight excluding hydrogens is 371 g/mol. The molecular formula is C19H15FN2O4S. The predicted molar refractivity (Wildman–Crippen MR) is 99.4 cm³/mol. The van der Waals surface area contributed by atoms with Crippen molar-refractivity contribution in [1.82, 2.24) is 4.98 Å². The Morgan fingerprint density at radius 1 is 1.15 bits per heavy atom. The number of hydrogen-bond donors (Lipinski definition) is 1. The van der Waals surface area contributed by atoms with Gasteiger partial charge in [0.05, 0.1) is 12.8 Å². The normalized spacial score (nSPS) is 10.3. The molecule has 2 aromatic carbocycles. The van der Waals surface area contributed by atoms with E-state index in [2.05, 4.69) is 10.3 Å². The molecule has 0 saturated carbocycles. The number of aromatic nitrogens is 1. The van der Waals surface area contributed by atoms with Crippen LogP contribution in [0.3, 0.4) is 0 Å². The lowest BCUT2D eigenvalue weighted by Gasteiger charge is -2.06. The van der Waals surface area contributed by atoms with Crippen LogP contribution in [-0.4, -0.2) is 30.6 Å². The van der Waals surface area contributed by atoms with E-state index >= 15 is 0 Å². The Bertz CT molecular complexity index is 956. The zero-order valence-corrected chi connectivity index (χ0v) is 15.1. The summed E-state index contributed by atoms with van der Waals surface area (Å²) in [6.07, 6.45) is 0. The van der Waals surface area contributed by atoms with Crippen molar-refractivity contribution in [3.63, 3.8) is 0 Å². The molecule has 6 nitrogen and oxygen atoms in total. The van der Waals surface area contributed by atoms with Gasteiger partial charge in [0, 0.05) is 10.9 Å². The number of thiazole rings is 1. The Balaban J connectivity index is 1.57. The summed E-state index contributed by atoms with van der Waals surface area (Å²) in [4.78, 5) is 28.1. The monoisotopic (exact) mass is 386 g/mol. The predicted octanol–water partition coefficient (Wildman–Crippen LogP) is 3.75. The standard InChI is InChI=1S/C19H15FN2O4S/c1-25-13-8-6-12(7-9-13)18-22-16(11-27-18)19(24)26-10-17(23)21-15-5-3-2-4-14(15)20/h2-9,11H,10H2,1H3,(H,21,23). The molecule has 0 fully saturated rings. The van der Waals surface area contributed by atoms with Crippen LogP contribution >= 0.6 is 11.3 Å². The minimum Gasteiger partial charge on any atom is -0.497 e. The number of nitrogens with zero attached hydrogens (tertiary/aromatic N) is 1. The molecule has 27 heavy (non-hydrogen) atoms. The molecule has 138 valence electrons. The highest BCUT2D eigenvalue weighted by Crippen LogP contribution is 2.26. The van der Waals surface area contributed by atoms with Gasteiger partial charge < -0.3 is 14.8 Å². The van der Waals surface area contributed by atoms with Gasteiger partial charge in [-0.15, -0.1) is 11.3 Å². The van der Waals surface area contributed by atoms with Gasteiger partial charge in [-0.2, -0.15) is 0 Å². The highest BCUT2D eigenvalue weighted by Gasteiger charge is 2.15.